The molecule has 1 aliphatic rings. The van der Waals surface area contributed by atoms with Crippen LogP contribution >= 0.6 is 0 Å². The maximum atomic E-state index is 5.81. The lowest BCUT2D eigenvalue weighted by Crippen LogP contribution is -2.44. The van der Waals surface area contributed by atoms with Crippen molar-refractivity contribution in [2.24, 2.45) is 0 Å². The van der Waals surface area contributed by atoms with Gasteiger partial charge in [0.25, 0.3) is 0 Å². The summed E-state index contributed by atoms with van der Waals surface area (Å²) in [6.07, 6.45) is 2.55. The van der Waals surface area contributed by atoms with Crippen molar-refractivity contribution in [3.63, 3.8) is 0 Å². The number of fused-ring (bicyclic) bond motifs is 1. The number of benzene rings is 1. The number of imidazole rings is 1. The summed E-state index contributed by atoms with van der Waals surface area (Å²) in [5.41, 5.74) is 8.61. The van der Waals surface area contributed by atoms with E-state index >= 15 is 0 Å². The molecule has 5 nitrogen and oxygen atoms in total. The van der Waals surface area contributed by atoms with E-state index < -0.39 is 0 Å². The van der Waals surface area contributed by atoms with Crippen LogP contribution in [0, 0.1) is 0 Å². The molecule has 1 aliphatic heterocycles. The molecular formula is C15H23N5. The van der Waals surface area contributed by atoms with Crippen molar-refractivity contribution in [2.75, 3.05) is 32.9 Å². The van der Waals surface area contributed by atoms with E-state index in [1.807, 2.05) is 18.2 Å². The van der Waals surface area contributed by atoms with E-state index in [2.05, 4.69) is 33.9 Å². The number of H-pyrrole nitrogens is 1. The van der Waals surface area contributed by atoms with Crippen molar-refractivity contribution in [1.82, 2.24) is 19.8 Å². The summed E-state index contributed by atoms with van der Waals surface area (Å²) in [6.45, 7) is 3.16. The molecule has 0 aliphatic carbocycles. The second kappa shape index (κ2) is 5.42. The van der Waals surface area contributed by atoms with Gasteiger partial charge < -0.3 is 15.6 Å². The molecule has 108 valence electrons. The third-order valence-corrected chi connectivity index (χ3v) is 4.14. The van der Waals surface area contributed by atoms with Crippen molar-refractivity contribution >= 4 is 16.7 Å². The van der Waals surface area contributed by atoms with Crippen LogP contribution in [0.1, 0.15) is 18.7 Å². The van der Waals surface area contributed by atoms with Gasteiger partial charge in [0.2, 0.25) is 0 Å². The van der Waals surface area contributed by atoms with E-state index in [4.69, 9.17) is 5.73 Å². The van der Waals surface area contributed by atoms with Crippen molar-refractivity contribution in [3.05, 3.63) is 24.0 Å². The Kier molecular flexibility index (Phi) is 3.63. The number of piperidine rings is 1. The lowest BCUT2D eigenvalue weighted by atomic mass is 10.1. The molecule has 1 saturated heterocycles. The van der Waals surface area contributed by atoms with Crippen molar-refractivity contribution in [3.8, 4) is 0 Å². The number of aromatic amines is 1. The van der Waals surface area contributed by atoms with Crippen LogP contribution in [0.5, 0.6) is 0 Å². The summed E-state index contributed by atoms with van der Waals surface area (Å²) < 4.78 is 0. The third-order valence-electron chi connectivity index (χ3n) is 4.14. The molecule has 0 saturated carbocycles. The molecule has 20 heavy (non-hydrogen) atoms. The molecule has 2 aromatic rings. The summed E-state index contributed by atoms with van der Waals surface area (Å²) in [4.78, 5) is 12.8. The Balaban J connectivity index is 1.72. The van der Waals surface area contributed by atoms with Gasteiger partial charge in [-0.15, -0.1) is 0 Å². The Morgan fingerprint density at radius 1 is 1.45 bits per heavy atom. The lowest BCUT2D eigenvalue weighted by Gasteiger charge is -2.35. The monoisotopic (exact) mass is 273 g/mol. The second-order valence-corrected chi connectivity index (χ2v) is 5.95. The first kappa shape index (κ1) is 13.4. The fraction of sp³-hybridized carbons (Fsp3) is 0.533. The zero-order valence-electron chi connectivity index (χ0n) is 12.3. The van der Waals surface area contributed by atoms with Crippen molar-refractivity contribution < 1.29 is 0 Å². The van der Waals surface area contributed by atoms with Crippen LogP contribution in [-0.2, 0) is 6.54 Å². The van der Waals surface area contributed by atoms with E-state index in [9.17, 15) is 0 Å². The minimum atomic E-state index is 0.656. The average molecular weight is 273 g/mol. The standard InChI is InChI=1S/C15H23N5/c1-19(2)12-4-3-7-20(9-12)10-15-17-13-6-5-11(16)8-14(13)18-15/h5-6,8,12H,3-4,7,9-10,16H2,1-2H3,(H,17,18). The highest BCUT2D eigenvalue weighted by Gasteiger charge is 2.22. The highest BCUT2D eigenvalue weighted by Crippen LogP contribution is 2.18. The SMILES string of the molecule is CN(C)C1CCCN(Cc2nc3ccc(N)cc3[nH]2)C1. The van der Waals surface area contributed by atoms with Crippen LogP contribution in [0.2, 0.25) is 0 Å². The quantitative estimate of drug-likeness (QED) is 0.835. The number of anilines is 1. The zero-order chi connectivity index (χ0) is 14.1. The van der Waals surface area contributed by atoms with Crippen LogP contribution in [0.3, 0.4) is 0 Å². The Morgan fingerprint density at radius 3 is 3.10 bits per heavy atom. The Morgan fingerprint density at radius 2 is 2.30 bits per heavy atom. The Labute approximate surface area is 119 Å². The molecule has 1 fully saturated rings. The van der Waals surface area contributed by atoms with Crippen LogP contribution in [0.15, 0.2) is 18.2 Å². The molecule has 2 heterocycles. The first-order chi connectivity index (χ1) is 9.61. The average Bonchev–Trinajstić information content (AvgIpc) is 2.80. The molecule has 5 heteroatoms. The van der Waals surface area contributed by atoms with Gasteiger partial charge in [-0.1, -0.05) is 0 Å². The number of aromatic nitrogens is 2. The first-order valence-electron chi connectivity index (χ1n) is 7.25. The molecule has 0 spiro atoms. The van der Waals surface area contributed by atoms with Crippen LogP contribution in [0.25, 0.3) is 11.0 Å². The predicted octanol–water partition coefficient (Wildman–Crippen LogP) is 1.67. The van der Waals surface area contributed by atoms with Crippen LogP contribution in [0.4, 0.5) is 5.69 Å². The molecule has 1 aromatic heterocycles. The lowest BCUT2D eigenvalue weighted by molar-refractivity contribution is 0.126. The Hall–Kier alpha value is -1.59. The maximum Gasteiger partial charge on any atom is 0.121 e. The number of nitrogens with zero attached hydrogens (tertiary/aromatic N) is 3. The van der Waals surface area contributed by atoms with Gasteiger partial charge >= 0.3 is 0 Å². The van der Waals surface area contributed by atoms with E-state index in [-0.39, 0.29) is 0 Å². The van der Waals surface area contributed by atoms with Gasteiger partial charge in [-0.05, 0) is 51.7 Å². The molecule has 0 bridgehead atoms. The summed E-state index contributed by atoms with van der Waals surface area (Å²) in [5, 5.41) is 0. The second-order valence-electron chi connectivity index (χ2n) is 5.95. The van der Waals surface area contributed by atoms with Crippen LogP contribution in [-0.4, -0.2) is 53.0 Å². The topological polar surface area (TPSA) is 61.2 Å². The molecular weight excluding hydrogens is 250 g/mol. The summed E-state index contributed by atoms with van der Waals surface area (Å²) >= 11 is 0. The number of likely N-dealkylation sites (N-methyl/N-ethyl adjacent to an activating group) is 1. The molecule has 0 radical (unpaired) electrons. The number of nitrogen functional groups attached to an aromatic ring is 1. The zero-order valence-corrected chi connectivity index (χ0v) is 12.3. The van der Waals surface area contributed by atoms with Crippen molar-refractivity contribution in [2.45, 2.75) is 25.4 Å². The minimum Gasteiger partial charge on any atom is -0.399 e. The van der Waals surface area contributed by atoms with Crippen molar-refractivity contribution in [1.29, 1.82) is 0 Å². The largest absolute Gasteiger partial charge is 0.399 e. The van der Waals surface area contributed by atoms with Gasteiger partial charge in [0.1, 0.15) is 5.82 Å². The summed E-state index contributed by atoms with van der Waals surface area (Å²) in [5.74, 6) is 1.03. The number of rotatable bonds is 3. The number of hydrogen-bond donors (Lipinski definition) is 2. The number of nitrogens with one attached hydrogen (secondary N) is 1. The fourth-order valence-electron chi connectivity index (χ4n) is 2.96. The van der Waals surface area contributed by atoms with Crippen LogP contribution < -0.4 is 5.73 Å². The molecule has 1 unspecified atom stereocenters. The third kappa shape index (κ3) is 2.78. The van der Waals surface area contributed by atoms with Gasteiger partial charge in [-0.2, -0.15) is 0 Å². The highest BCUT2D eigenvalue weighted by atomic mass is 15.2. The first-order valence-corrected chi connectivity index (χ1v) is 7.25. The molecule has 1 aromatic carbocycles. The van der Waals surface area contributed by atoms with Gasteiger partial charge in [0, 0.05) is 18.3 Å². The highest BCUT2D eigenvalue weighted by molar-refractivity contribution is 5.78. The smallest absolute Gasteiger partial charge is 0.121 e. The molecule has 3 rings (SSSR count). The maximum absolute atomic E-state index is 5.81. The number of hydrogen-bond acceptors (Lipinski definition) is 4. The Bertz CT molecular complexity index is 589. The van der Waals surface area contributed by atoms with Gasteiger partial charge in [-0.25, -0.2) is 4.98 Å². The predicted molar refractivity (Wildman–Crippen MR) is 82.5 cm³/mol. The normalized spacial score (nSPS) is 20.9. The van der Waals surface area contributed by atoms with Gasteiger partial charge in [-0.3, -0.25) is 4.90 Å². The van der Waals surface area contributed by atoms with E-state index in [1.54, 1.807) is 0 Å². The number of nitrogens with two attached hydrogens (primary N) is 1. The van der Waals surface area contributed by atoms with E-state index in [0.717, 1.165) is 42.2 Å². The fourth-order valence-corrected chi connectivity index (χ4v) is 2.96. The van der Waals surface area contributed by atoms with E-state index in [0.29, 0.717) is 6.04 Å². The van der Waals surface area contributed by atoms with Gasteiger partial charge in [0.05, 0.1) is 17.6 Å². The van der Waals surface area contributed by atoms with Gasteiger partial charge in [0.15, 0.2) is 0 Å². The summed E-state index contributed by atoms with van der Waals surface area (Å²) in [7, 11) is 4.33. The van der Waals surface area contributed by atoms with E-state index in [1.165, 1.54) is 12.8 Å². The minimum absolute atomic E-state index is 0.656. The molecule has 1 atom stereocenters. The molecule has 3 N–H and O–H groups in total. The number of likely N-dealkylation sites (tertiary alicyclic amines) is 1. The summed E-state index contributed by atoms with van der Waals surface area (Å²) in [6, 6.07) is 6.48. The molecule has 0 amide bonds.